The van der Waals surface area contributed by atoms with Crippen molar-refractivity contribution in [3.63, 3.8) is 0 Å². The molecule has 10 heteroatoms. The molecule has 0 N–H and O–H groups in total. The molecule has 0 unspecified atom stereocenters. The molecule has 2 fully saturated rings. The number of rotatable bonds is 8. The van der Waals surface area contributed by atoms with Crippen LogP contribution in [0.3, 0.4) is 0 Å². The van der Waals surface area contributed by atoms with Crippen LogP contribution in [0.2, 0.25) is 0 Å². The molecule has 5 rings (SSSR count). The van der Waals surface area contributed by atoms with E-state index >= 15 is 0 Å². The van der Waals surface area contributed by atoms with Gasteiger partial charge in [-0.15, -0.1) is 0 Å². The second kappa shape index (κ2) is 12.9. The normalized spacial score (nSPS) is 17.1. The van der Waals surface area contributed by atoms with Crippen LogP contribution >= 0.6 is 0 Å². The van der Waals surface area contributed by atoms with Crippen molar-refractivity contribution >= 4 is 21.5 Å². The molecule has 2 aliphatic heterocycles. The smallest absolute Gasteiger partial charge is 0.255 e. The zero-order valence-corrected chi connectivity index (χ0v) is 24.1. The first kappa shape index (κ1) is 29.5. The quantitative estimate of drug-likeness (QED) is 0.278. The predicted octanol–water partition coefficient (Wildman–Crippen LogP) is 4.66. The van der Waals surface area contributed by atoms with E-state index in [1.807, 2.05) is 24.3 Å². The van der Waals surface area contributed by atoms with Crippen molar-refractivity contribution in [2.45, 2.75) is 48.8 Å². The second-order valence-corrected chi connectivity index (χ2v) is 13.3. The molecule has 3 heterocycles. The summed E-state index contributed by atoms with van der Waals surface area (Å²) in [6, 6.07) is 17.8. The van der Waals surface area contributed by atoms with Gasteiger partial charge in [-0.05, 0) is 98.8 Å². The van der Waals surface area contributed by atoms with Gasteiger partial charge < -0.3 is 4.90 Å². The fourth-order valence-electron chi connectivity index (χ4n) is 5.71. The summed E-state index contributed by atoms with van der Waals surface area (Å²) in [4.78, 5) is 34.3. The van der Waals surface area contributed by atoms with Gasteiger partial charge in [-0.2, -0.15) is 5.26 Å². The maximum Gasteiger partial charge on any atom is 0.255 e. The largest absolute Gasteiger partial charge is 0.339 e. The van der Waals surface area contributed by atoms with E-state index < -0.39 is 20.9 Å². The minimum absolute atomic E-state index is 0.0358. The lowest BCUT2D eigenvalue weighted by Crippen LogP contribution is -2.42. The highest BCUT2D eigenvalue weighted by Gasteiger charge is 2.33. The molecule has 218 valence electrons. The Hall–Kier alpha value is -3.94. The minimum atomic E-state index is -3.61. The number of carbonyl (C=O) groups excluding carboxylic acids is 2. The van der Waals surface area contributed by atoms with Crippen LogP contribution in [-0.2, 0) is 16.4 Å². The van der Waals surface area contributed by atoms with Crippen molar-refractivity contribution in [2.24, 2.45) is 5.92 Å². The van der Waals surface area contributed by atoms with Crippen LogP contribution in [0, 0.1) is 23.1 Å². The Morgan fingerprint density at radius 3 is 2.17 bits per heavy atom. The summed E-state index contributed by atoms with van der Waals surface area (Å²) < 4.78 is 39.1. The molecular weight excluding hydrogens is 555 g/mol. The van der Waals surface area contributed by atoms with E-state index in [9.17, 15) is 22.4 Å². The molecule has 42 heavy (non-hydrogen) atoms. The molecule has 0 spiro atoms. The predicted molar refractivity (Wildman–Crippen MR) is 155 cm³/mol. The summed E-state index contributed by atoms with van der Waals surface area (Å²) in [7, 11) is -3.61. The summed E-state index contributed by atoms with van der Waals surface area (Å²) in [5, 5.41) is 8.33. The molecule has 2 aromatic carbocycles. The second-order valence-electron chi connectivity index (χ2n) is 11.1. The number of likely N-dealkylation sites (tertiary alicyclic amines) is 2. The number of nitriles is 1. The molecule has 1 amide bonds. The van der Waals surface area contributed by atoms with Crippen LogP contribution < -0.4 is 0 Å². The van der Waals surface area contributed by atoms with Crippen molar-refractivity contribution in [1.29, 1.82) is 5.26 Å². The molecule has 2 aliphatic rings. The number of hydrogen-bond donors (Lipinski definition) is 0. The molecule has 0 atom stereocenters. The molecule has 3 aromatic rings. The first-order valence-electron chi connectivity index (χ1n) is 14.2. The third-order valence-electron chi connectivity index (χ3n) is 8.28. The SMILES string of the molecule is N#Cc1ccc(CN2CCC(CC(=O)c3ccc(C(=O)N4CCC(S(=O)(=O)c5ccc(F)cc5)CC4)cn3)CC2)cc1. The summed E-state index contributed by atoms with van der Waals surface area (Å²) >= 11 is 0. The number of halogens is 1. The number of pyridine rings is 1. The van der Waals surface area contributed by atoms with Crippen molar-refractivity contribution < 1.29 is 22.4 Å². The molecule has 0 bridgehead atoms. The fourth-order valence-corrected chi connectivity index (χ4v) is 7.44. The number of Topliss-reactive ketones (excluding diaryl/α,β-unsaturated/α-hetero) is 1. The van der Waals surface area contributed by atoms with Crippen LogP contribution in [-0.4, -0.2) is 66.3 Å². The van der Waals surface area contributed by atoms with Gasteiger partial charge in [-0.3, -0.25) is 19.5 Å². The van der Waals surface area contributed by atoms with Crippen LogP contribution in [0.25, 0.3) is 0 Å². The van der Waals surface area contributed by atoms with Crippen LogP contribution in [0.1, 0.15) is 64.1 Å². The first-order chi connectivity index (χ1) is 20.2. The Kier molecular flexibility index (Phi) is 9.09. The van der Waals surface area contributed by atoms with Gasteiger partial charge in [0.1, 0.15) is 11.5 Å². The van der Waals surface area contributed by atoms with Crippen molar-refractivity contribution in [2.75, 3.05) is 26.2 Å². The highest BCUT2D eigenvalue weighted by Crippen LogP contribution is 2.26. The lowest BCUT2D eigenvalue weighted by molar-refractivity contribution is 0.0724. The number of amides is 1. The van der Waals surface area contributed by atoms with Gasteiger partial charge in [0.25, 0.3) is 5.91 Å². The van der Waals surface area contributed by atoms with Crippen LogP contribution in [0.5, 0.6) is 0 Å². The highest BCUT2D eigenvalue weighted by molar-refractivity contribution is 7.92. The average Bonchev–Trinajstić information content (AvgIpc) is 3.02. The van der Waals surface area contributed by atoms with E-state index in [0.29, 0.717) is 36.1 Å². The Labute approximate surface area is 245 Å². The van der Waals surface area contributed by atoms with E-state index in [2.05, 4.69) is 16.0 Å². The lowest BCUT2D eigenvalue weighted by Gasteiger charge is -2.32. The van der Waals surface area contributed by atoms with Gasteiger partial charge >= 0.3 is 0 Å². The lowest BCUT2D eigenvalue weighted by atomic mass is 9.90. The van der Waals surface area contributed by atoms with E-state index in [1.165, 1.54) is 23.9 Å². The monoisotopic (exact) mass is 588 g/mol. The third-order valence-corrected chi connectivity index (χ3v) is 10.6. The van der Waals surface area contributed by atoms with Crippen molar-refractivity contribution in [3.05, 3.63) is 95.1 Å². The number of benzene rings is 2. The van der Waals surface area contributed by atoms with E-state index in [4.69, 9.17) is 5.26 Å². The number of aromatic nitrogens is 1. The Bertz CT molecular complexity index is 1550. The first-order valence-corrected chi connectivity index (χ1v) is 15.8. The zero-order valence-electron chi connectivity index (χ0n) is 23.3. The van der Waals surface area contributed by atoms with Gasteiger partial charge in [0.15, 0.2) is 15.6 Å². The summed E-state index contributed by atoms with van der Waals surface area (Å²) in [5.41, 5.74) is 2.53. The topological polar surface area (TPSA) is 111 Å². The van der Waals surface area contributed by atoms with E-state index in [1.54, 1.807) is 17.0 Å². The Morgan fingerprint density at radius 2 is 1.57 bits per heavy atom. The maximum atomic E-state index is 13.2. The van der Waals surface area contributed by atoms with Gasteiger partial charge in [-0.25, -0.2) is 12.8 Å². The number of piperidine rings is 2. The molecule has 0 aliphatic carbocycles. The highest BCUT2D eigenvalue weighted by atomic mass is 32.2. The van der Waals surface area contributed by atoms with Gasteiger partial charge in [0.05, 0.1) is 27.3 Å². The van der Waals surface area contributed by atoms with Gasteiger partial charge in [0, 0.05) is 32.3 Å². The molecular formula is C32H33FN4O4S. The van der Waals surface area contributed by atoms with Crippen LogP contribution in [0.4, 0.5) is 4.39 Å². The summed E-state index contributed by atoms with van der Waals surface area (Å²) in [5.74, 6) is -0.487. The summed E-state index contributed by atoms with van der Waals surface area (Å²) in [6.07, 6.45) is 4.28. The summed E-state index contributed by atoms with van der Waals surface area (Å²) in [6.45, 7) is 3.20. The number of nitrogens with zero attached hydrogens (tertiary/aromatic N) is 4. The number of sulfone groups is 1. The fraction of sp³-hybridized carbons (Fsp3) is 0.375. The Balaban J connectivity index is 1.08. The Morgan fingerprint density at radius 1 is 0.905 bits per heavy atom. The van der Waals surface area contributed by atoms with Crippen molar-refractivity contribution in [1.82, 2.24) is 14.8 Å². The van der Waals surface area contributed by atoms with Gasteiger partial charge in [-0.1, -0.05) is 12.1 Å². The van der Waals surface area contributed by atoms with Crippen molar-refractivity contribution in [3.8, 4) is 6.07 Å². The number of ketones is 1. The maximum absolute atomic E-state index is 13.2. The number of carbonyl (C=O) groups is 2. The number of hydrogen-bond acceptors (Lipinski definition) is 7. The average molecular weight is 589 g/mol. The standard InChI is InChI=1S/C32H33FN4O4S/c33-27-6-8-28(9-7-27)42(40,41)29-13-17-37(18-14-29)32(39)26-5-10-30(35-21-26)31(38)19-23-11-15-36(16-12-23)22-25-3-1-24(20-34)2-4-25/h1-10,21,23,29H,11-19,22H2. The van der Waals surface area contributed by atoms with Gasteiger partial charge in [0.2, 0.25) is 0 Å². The molecule has 1 aromatic heterocycles. The third kappa shape index (κ3) is 6.92. The minimum Gasteiger partial charge on any atom is -0.339 e. The van der Waals surface area contributed by atoms with E-state index in [-0.39, 0.29) is 35.6 Å². The van der Waals surface area contributed by atoms with Crippen LogP contribution in [0.15, 0.2) is 71.8 Å². The molecule has 0 radical (unpaired) electrons. The molecule has 2 saturated heterocycles. The van der Waals surface area contributed by atoms with E-state index in [0.717, 1.165) is 44.6 Å². The molecule has 0 saturated carbocycles. The zero-order chi connectivity index (χ0) is 29.7. The molecule has 8 nitrogen and oxygen atoms in total.